The molecule has 1 saturated heterocycles. The lowest BCUT2D eigenvalue weighted by Gasteiger charge is -2.13. The van der Waals surface area contributed by atoms with Crippen LogP contribution >= 0.6 is 0 Å². The molecule has 1 N–H and O–H groups in total. The molecule has 3 heteroatoms. The van der Waals surface area contributed by atoms with Crippen LogP contribution < -0.4 is 5.32 Å². The van der Waals surface area contributed by atoms with Gasteiger partial charge in [0, 0.05) is 0 Å². The molecule has 0 aliphatic carbocycles. The molecule has 1 rings (SSSR count). The van der Waals surface area contributed by atoms with E-state index < -0.39 is 0 Å². The highest BCUT2D eigenvalue weighted by atomic mass is 16.1. The van der Waals surface area contributed by atoms with Crippen molar-refractivity contribution >= 4 is 5.78 Å². The van der Waals surface area contributed by atoms with Gasteiger partial charge in [0.1, 0.15) is 0 Å². The van der Waals surface area contributed by atoms with Crippen molar-refractivity contribution in [2.24, 2.45) is 0 Å². The van der Waals surface area contributed by atoms with Gasteiger partial charge in [-0.2, -0.15) is 0 Å². The molecule has 0 aromatic carbocycles. The van der Waals surface area contributed by atoms with Gasteiger partial charge in [-0.1, -0.05) is 6.58 Å². The topological polar surface area (TPSA) is 32.3 Å². The van der Waals surface area contributed by atoms with Crippen LogP contribution in [0.1, 0.15) is 12.8 Å². The third kappa shape index (κ3) is 2.34. The molecule has 0 radical (unpaired) electrons. The van der Waals surface area contributed by atoms with Crippen molar-refractivity contribution in [3.8, 4) is 0 Å². The Balaban J connectivity index is 2.51. The maximum absolute atomic E-state index is 11.5. The maximum Gasteiger partial charge on any atom is 0.168 e. The van der Waals surface area contributed by atoms with Crippen molar-refractivity contribution < 1.29 is 4.79 Å². The Morgan fingerprint density at radius 3 is 3.17 bits per heavy atom. The number of hydrogen-bond donors (Lipinski definition) is 1. The summed E-state index contributed by atoms with van der Waals surface area (Å²) in [5.41, 5.74) is 0. The summed E-state index contributed by atoms with van der Waals surface area (Å²) in [6, 6.07) is -0.00699. The molecule has 68 valence electrons. The van der Waals surface area contributed by atoms with Gasteiger partial charge in [0.15, 0.2) is 5.78 Å². The fourth-order valence-electron chi connectivity index (χ4n) is 1.50. The fraction of sp³-hybridized carbons (Fsp3) is 0.667. The van der Waals surface area contributed by atoms with Crippen LogP contribution in [-0.2, 0) is 4.79 Å². The van der Waals surface area contributed by atoms with Gasteiger partial charge < -0.3 is 5.32 Å². The molecule has 0 spiro atoms. The minimum absolute atomic E-state index is 0.00699. The molecule has 3 nitrogen and oxygen atoms in total. The number of ketones is 1. The molecule has 0 aromatic rings. The molecule has 1 aliphatic rings. The van der Waals surface area contributed by atoms with Crippen molar-refractivity contribution in [3.63, 3.8) is 0 Å². The van der Waals surface area contributed by atoms with E-state index >= 15 is 0 Å². The number of carbonyl (C=O) groups is 1. The quantitative estimate of drug-likeness (QED) is 0.647. The van der Waals surface area contributed by atoms with E-state index in [-0.39, 0.29) is 11.8 Å². The van der Waals surface area contributed by atoms with Gasteiger partial charge >= 0.3 is 0 Å². The van der Waals surface area contributed by atoms with Crippen LogP contribution in [0.5, 0.6) is 0 Å². The predicted octanol–water partition coefficient (Wildman–Crippen LogP) is 0.383. The molecule has 0 saturated carbocycles. The van der Waals surface area contributed by atoms with Crippen LogP contribution in [0.3, 0.4) is 0 Å². The highest BCUT2D eigenvalue weighted by Crippen LogP contribution is 2.06. The summed E-state index contributed by atoms with van der Waals surface area (Å²) in [5.74, 6) is 0.273. The largest absolute Gasteiger partial charge is 0.382 e. The first-order chi connectivity index (χ1) is 5.74. The zero-order valence-corrected chi connectivity index (χ0v) is 7.55. The van der Waals surface area contributed by atoms with Gasteiger partial charge in [0.05, 0.1) is 12.6 Å². The maximum atomic E-state index is 11.5. The number of hydrogen-bond acceptors (Lipinski definition) is 3. The number of nitrogens with zero attached hydrogens (tertiary/aromatic N) is 1. The first-order valence-corrected chi connectivity index (χ1v) is 4.32. The van der Waals surface area contributed by atoms with Crippen LogP contribution in [0.2, 0.25) is 0 Å². The zero-order chi connectivity index (χ0) is 8.97. The second-order valence-electron chi connectivity index (χ2n) is 3.27. The van der Waals surface area contributed by atoms with E-state index in [9.17, 15) is 4.79 Å². The molecule has 0 amide bonds. The molecule has 0 aromatic heterocycles. The van der Waals surface area contributed by atoms with Gasteiger partial charge in [-0.25, -0.2) is 0 Å². The first-order valence-electron chi connectivity index (χ1n) is 4.32. The Kier molecular flexibility index (Phi) is 3.29. The van der Waals surface area contributed by atoms with Crippen molar-refractivity contribution in [2.45, 2.75) is 18.9 Å². The Morgan fingerprint density at radius 1 is 1.75 bits per heavy atom. The van der Waals surface area contributed by atoms with Crippen LogP contribution in [0.4, 0.5) is 0 Å². The summed E-state index contributed by atoms with van der Waals surface area (Å²) in [4.78, 5) is 13.5. The van der Waals surface area contributed by atoms with Gasteiger partial charge in [0.25, 0.3) is 0 Å². The van der Waals surface area contributed by atoms with Crippen molar-refractivity contribution in [1.29, 1.82) is 0 Å². The smallest absolute Gasteiger partial charge is 0.168 e. The molecular formula is C9H16N2O. The van der Waals surface area contributed by atoms with E-state index in [2.05, 4.69) is 16.8 Å². The summed E-state index contributed by atoms with van der Waals surface area (Å²) in [6.07, 6.45) is 3.61. The Bertz CT molecular complexity index is 179. The van der Waals surface area contributed by atoms with E-state index in [0.29, 0.717) is 6.54 Å². The van der Waals surface area contributed by atoms with Crippen molar-refractivity contribution in [2.75, 3.05) is 20.1 Å². The highest BCUT2D eigenvalue weighted by Gasteiger charge is 2.21. The summed E-state index contributed by atoms with van der Waals surface area (Å²) in [7, 11) is 1.98. The predicted molar refractivity (Wildman–Crippen MR) is 48.9 cm³/mol. The monoisotopic (exact) mass is 168 g/mol. The first kappa shape index (κ1) is 9.26. The number of nitrogens with one attached hydrogen (secondary N) is 1. The van der Waals surface area contributed by atoms with E-state index in [4.69, 9.17) is 0 Å². The van der Waals surface area contributed by atoms with Gasteiger partial charge in [-0.15, -0.1) is 0 Å². The van der Waals surface area contributed by atoms with Gasteiger partial charge in [-0.3, -0.25) is 9.69 Å². The second kappa shape index (κ2) is 4.26. The minimum atomic E-state index is -0.00699. The van der Waals surface area contributed by atoms with E-state index in [1.807, 2.05) is 7.05 Å². The molecule has 1 fully saturated rings. The van der Waals surface area contributed by atoms with Crippen molar-refractivity contribution in [3.05, 3.63) is 12.8 Å². The summed E-state index contributed by atoms with van der Waals surface area (Å²) >= 11 is 0. The molecule has 1 atom stereocenters. The lowest BCUT2D eigenvalue weighted by atomic mass is 10.1. The van der Waals surface area contributed by atoms with E-state index in [1.54, 1.807) is 6.20 Å². The van der Waals surface area contributed by atoms with Crippen LogP contribution in [0, 0.1) is 0 Å². The van der Waals surface area contributed by atoms with Crippen molar-refractivity contribution in [1.82, 2.24) is 10.2 Å². The van der Waals surface area contributed by atoms with E-state index in [1.165, 1.54) is 0 Å². The highest BCUT2D eigenvalue weighted by molar-refractivity contribution is 5.86. The number of likely N-dealkylation sites (N-methyl/N-ethyl adjacent to an activating group) is 1. The van der Waals surface area contributed by atoms with Crippen LogP contribution in [0.15, 0.2) is 12.8 Å². The summed E-state index contributed by atoms with van der Waals surface area (Å²) < 4.78 is 0. The third-order valence-corrected chi connectivity index (χ3v) is 2.17. The lowest BCUT2D eigenvalue weighted by molar-refractivity contribution is -0.121. The minimum Gasteiger partial charge on any atom is -0.382 e. The average molecular weight is 168 g/mol. The second-order valence-corrected chi connectivity index (χ2v) is 3.27. The Labute approximate surface area is 73.4 Å². The normalized spacial score (nSPS) is 26.4. The van der Waals surface area contributed by atoms with Gasteiger partial charge in [-0.05, 0) is 32.6 Å². The molecule has 1 heterocycles. The molecule has 12 heavy (non-hydrogen) atoms. The zero-order valence-electron chi connectivity index (χ0n) is 7.55. The van der Waals surface area contributed by atoms with Crippen LogP contribution in [0.25, 0.3) is 0 Å². The summed E-state index contributed by atoms with van der Waals surface area (Å²) in [5, 5.41) is 2.98. The SMILES string of the molecule is C=CNC1CCCN(C)CC1=O. The molecular weight excluding hydrogens is 152 g/mol. The van der Waals surface area contributed by atoms with Gasteiger partial charge in [0.2, 0.25) is 0 Å². The standard InChI is InChI=1S/C9H16N2O/c1-3-10-8-5-4-6-11(2)7-9(8)12/h3,8,10H,1,4-7H2,2H3. The Hall–Kier alpha value is -0.830. The number of carbonyl (C=O) groups excluding carboxylic acids is 1. The number of Topliss-reactive ketones (excluding diaryl/α,β-unsaturated/α-hetero) is 1. The molecule has 1 unspecified atom stereocenters. The third-order valence-electron chi connectivity index (χ3n) is 2.17. The Morgan fingerprint density at radius 2 is 2.50 bits per heavy atom. The fourth-order valence-corrected chi connectivity index (χ4v) is 1.50. The molecule has 1 aliphatic heterocycles. The lowest BCUT2D eigenvalue weighted by Crippen LogP contribution is -2.36. The van der Waals surface area contributed by atoms with E-state index in [0.717, 1.165) is 19.4 Å². The average Bonchev–Trinajstić information content (AvgIpc) is 2.15. The van der Waals surface area contributed by atoms with Crippen LogP contribution in [-0.4, -0.2) is 36.9 Å². The molecule has 0 bridgehead atoms. The number of rotatable bonds is 2. The number of likely N-dealkylation sites (tertiary alicyclic amines) is 1. The summed E-state index contributed by atoms with van der Waals surface area (Å²) in [6.45, 7) is 5.14.